The lowest BCUT2D eigenvalue weighted by molar-refractivity contribution is 0.795. The van der Waals surface area contributed by atoms with Crippen molar-refractivity contribution in [1.29, 1.82) is 0 Å². The highest BCUT2D eigenvalue weighted by molar-refractivity contribution is 8.27. The fraction of sp³-hybridized carbons (Fsp3) is 0.417. The molecule has 1 heterocycles. The number of aliphatic imine (C=N–C) groups is 2. The minimum Gasteiger partial charge on any atom is -0.239 e. The molecular weight excluding hydrogens is 380 g/mol. The van der Waals surface area contributed by atoms with E-state index in [1.54, 1.807) is 0 Å². The lowest BCUT2D eigenvalue weighted by Gasteiger charge is -2.16. The van der Waals surface area contributed by atoms with Crippen LogP contribution in [0.2, 0.25) is 0 Å². The highest BCUT2D eigenvalue weighted by Gasteiger charge is 2.18. The number of unbranched alkanes of at least 4 members (excludes halogenated alkanes) is 2. The van der Waals surface area contributed by atoms with E-state index >= 15 is 0 Å². The van der Waals surface area contributed by atoms with Gasteiger partial charge in [-0.2, -0.15) is 0 Å². The predicted octanol–water partition coefficient (Wildman–Crippen LogP) is 7.61. The SMILES string of the molecule is CCCCc1ccccc1N=C1SCCSC1=Nc1ccccc1CCCC. The molecule has 0 radical (unpaired) electrons. The fourth-order valence-electron chi connectivity index (χ4n) is 3.18. The number of hydrogen-bond acceptors (Lipinski definition) is 4. The van der Waals surface area contributed by atoms with Gasteiger partial charge in [0.15, 0.2) is 0 Å². The topological polar surface area (TPSA) is 24.7 Å². The summed E-state index contributed by atoms with van der Waals surface area (Å²) in [5, 5.41) is 2.15. The third-order valence-electron chi connectivity index (χ3n) is 4.77. The molecule has 28 heavy (non-hydrogen) atoms. The molecular formula is C24H30N2S2. The average Bonchev–Trinajstić information content (AvgIpc) is 2.74. The number of thioether (sulfide) groups is 2. The molecule has 0 bridgehead atoms. The normalized spacial score (nSPS) is 17.4. The van der Waals surface area contributed by atoms with Crippen molar-refractivity contribution in [2.45, 2.75) is 52.4 Å². The molecule has 0 atom stereocenters. The maximum atomic E-state index is 5.07. The molecule has 0 spiro atoms. The van der Waals surface area contributed by atoms with Gasteiger partial charge >= 0.3 is 0 Å². The van der Waals surface area contributed by atoms with Crippen molar-refractivity contribution >= 4 is 45.0 Å². The lowest BCUT2D eigenvalue weighted by atomic mass is 10.1. The zero-order chi connectivity index (χ0) is 19.6. The maximum absolute atomic E-state index is 5.07. The zero-order valence-electron chi connectivity index (χ0n) is 17.0. The van der Waals surface area contributed by atoms with Crippen molar-refractivity contribution in [3.8, 4) is 0 Å². The standard InChI is InChI=1S/C24H30N2S2/c1-3-5-11-19-13-7-9-15-21(19)25-23-24(28-18-17-27-23)26-22-16-10-8-14-20(22)12-6-4-2/h7-10,13-16H,3-6,11-12,17-18H2,1-2H3. The molecule has 1 aliphatic rings. The first-order valence-corrected chi connectivity index (χ1v) is 12.4. The Hall–Kier alpha value is -1.52. The van der Waals surface area contributed by atoms with Crippen LogP contribution in [0.3, 0.4) is 0 Å². The van der Waals surface area contributed by atoms with Gasteiger partial charge in [-0.15, -0.1) is 23.5 Å². The van der Waals surface area contributed by atoms with Gasteiger partial charge in [0.1, 0.15) is 10.1 Å². The minimum absolute atomic E-state index is 1.07. The summed E-state index contributed by atoms with van der Waals surface area (Å²) in [6.07, 6.45) is 7.00. The van der Waals surface area contributed by atoms with Crippen molar-refractivity contribution in [3.05, 3.63) is 59.7 Å². The average molecular weight is 411 g/mol. The molecule has 0 aliphatic carbocycles. The van der Waals surface area contributed by atoms with Gasteiger partial charge in [0, 0.05) is 11.5 Å². The van der Waals surface area contributed by atoms with Gasteiger partial charge < -0.3 is 0 Å². The Morgan fingerprint density at radius 3 is 1.54 bits per heavy atom. The Morgan fingerprint density at radius 1 is 0.679 bits per heavy atom. The number of para-hydroxylation sites is 2. The van der Waals surface area contributed by atoms with Crippen LogP contribution < -0.4 is 0 Å². The number of aryl methyl sites for hydroxylation is 2. The van der Waals surface area contributed by atoms with E-state index < -0.39 is 0 Å². The summed E-state index contributed by atoms with van der Waals surface area (Å²) in [5.74, 6) is 2.19. The van der Waals surface area contributed by atoms with E-state index in [0.29, 0.717) is 0 Å². The number of nitrogens with zero attached hydrogens (tertiary/aromatic N) is 2. The zero-order valence-corrected chi connectivity index (χ0v) is 18.6. The summed E-state index contributed by atoms with van der Waals surface area (Å²) in [4.78, 5) is 10.1. The van der Waals surface area contributed by atoms with Gasteiger partial charge in [0.05, 0.1) is 11.4 Å². The van der Waals surface area contributed by atoms with Crippen LogP contribution in [0, 0.1) is 0 Å². The Labute approximate surface area is 178 Å². The fourth-order valence-corrected chi connectivity index (χ4v) is 5.25. The third kappa shape index (κ3) is 5.99. The van der Waals surface area contributed by atoms with Crippen molar-refractivity contribution < 1.29 is 0 Å². The molecule has 0 amide bonds. The second kappa shape index (κ2) is 11.5. The molecule has 0 unspecified atom stereocenters. The number of rotatable bonds is 8. The molecule has 1 saturated heterocycles. The Morgan fingerprint density at radius 2 is 1.11 bits per heavy atom. The van der Waals surface area contributed by atoms with E-state index in [1.165, 1.54) is 36.8 Å². The van der Waals surface area contributed by atoms with Crippen LogP contribution in [0.4, 0.5) is 11.4 Å². The van der Waals surface area contributed by atoms with Crippen LogP contribution in [0.1, 0.15) is 50.7 Å². The Balaban J connectivity index is 1.92. The van der Waals surface area contributed by atoms with E-state index in [4.69, 9.17) is 9.98 Å². The van der Waals surface area contributed by atoms with Crippen LogP contribution in [-0.4, -0.2) is 21.6 Å². The first-order valence-electron chi connectivity index (χ1n) is 10.4. The molecule has 1 fully saturated rings. The smallest absolute Gasteiger partial charge is 0.129 e. The third-order valence-corrected chi connectivity index (χ3v) is 7.09. The molecule has 2 aromatic carbocycles. The predicted molar refractivity (Wildman–Crippen MR) is 129 cm³/mol. The van der Waals surface area contributed by atoms with Gasteiger partial charge in [-0.1, -0.05) is 63.1 Å². The monoisotopic (exact) mass is 410 g/mol. The van der Waals surface area contributed by atoms with Crippen LogP contribution in [-0.2, 0) is 12.8 Å². The van der Waals surface area contributed by atoms with E-state index in [-0.39, 0.29) is 0 Å². The highest BCUT2D eigenvalue weighted by Crippen LogP contribution is 2.31. The lowest BCUT2D eigenvalue weighted by Crippen LogP contribution is -2.14. The first kappa shape index (κ1) is 21.2. The van der Waals surface area contributed by atoms with E-state index in [1.807, 2.05) is 23.5 Å². The van der Waals surface area contributed by atoms with Crippen molar-refractivity contribution in [3.63, 3.8) is 0 Å². The molecule has 148 valence electrons. The second-order valence-electron chi connectivity index (χ2n) is 7.00. The van der Waals surface area contributed by atoms with Crippen molar-refractivity contribution in [2.75, 3.05) is 11.5 Å². The summed E-state index contributed by atoms with van der Waals surface area (Å²) in [6, 6.07) is 17.1. The summed E-state index contributed by atoms with van der Waals surface area (Å²) < 4.78 is 0. The molecule has 0 aromatic heterocycles. The van der Waals surface area contributed by atoms with E-state index in [9.17, 15) is 0 Å². The van der Waals surface area contributed by atoms with Gasteiger partial charge in [0.2, 0.25) is 0 Å². The first-order chi connectivity index (χ1) is 13.8. The van der Waals surface area contributed by atoms with Crippen LogP contribution in [0.15, 0.2) is 58.5 Å². The largest absolute Gasteiger partial charge is 0.239 e. The molecule has 0 saturated carbocycles. The van der Waals surface area contributed by atoms with Crippen molar-refractivity contribution in [2.24, 2.45) is 9.98 Å². The summed E-state index contributed by atoms with van der Waals surface area (Å²) in [5.41, 5.74) is 4.90. The maximum Gasteiger partial charge on any atom is 0.129 e. The van der Waals surface area contributed by atoms with Gasteiger partial charge in [-0.25, -0.2) is 9.98 Å². The number of hydrogen-bond donors (Lipinski definition) is 0. The quantitative estimate of drug-likeness (QED) is 0.447. The van der Waals surface area contributed by atoms with Gasteiger partial charge in [-0.3, -0.25) is 0 Å². The Kier molecular flexibility index (Phi) is 8.69. The molecule has 0 N–H and O–H groups in total. The molecule has 1 aliphatic heterocycles. The minimum atomic E-state index is 1.07. The number of benzene rings is 2. The van der Waals surface area contributed by atoms with Crippen LogP contribution >= 0.6 is 23.5 Å². The van der Waals surface area contributed by atoms with Gasteiger partial charge in [0.25, 0.3) is 0 Å². The molecule has 4 heteroatoms. The second-order valence-corrected chi connectivity index (χ2v) is 9.16. The molecule has 2 aromatic rings. The van der Waals surface area contributed by atoms with Crippen LogP contribution in [0.5, 0.6) is 0 Å². The summed E-state index contributed by atoms with van der Waals surface area (Å²) in [7, 11) is 0. The summed E-state index contributed by atoms with van der Waals surface area (Å²) >= 11 is 3.68. The Bertz CT molecular complexity index is 757. The molecule has 2 nitrogen and oxygen atoms in total. The highest BCUT2D eigenvalue weighted by atomic mass is 32.2. The van der Waals surface area contributed by atoms with E-state index in [2.05, 4.69) is 62.4 Å². The van der Waals surface area contributed by atoms with Crippen LogP contribution in [0.25, 0.3) is 0 Å². The van der Waals surface area contributed by atoms with Crippen molar-refractivity contribution in [1.82, 2.24) is 0 Å². The van der Waals surface area contributed by atoms with E-state index in [0.717, 1.165) is 45.8 Å². The molecule has 3 rings (SSSR count). The van der Waals surface area contributed by atoms with Gasteiger partial charge in [-0.05, 0) is 48.9 Å². The summed E-state index contributed by atoms with van der Waals surface area (Å²) in [6.45, 7) is 4.48.